The Morgan fingerprint density at radius 3 is 2.65 bits per heavy atom. The van der Waals surface area contributed by atoms with Crippen molar-refractivity contribution in [1.29, 1.82) is 0 Å². The van der Waals surface area contributed by atoms with Crippen molar-refractivity contribution in [2.24, 2.45) is 5.41 Å². The lowest BCUT2D eigenvalue weighted by Gasteiger charge is -2.35. The predicted molar refractivity (Wildman–Crippen MR) is 88.6 cm³/mol. The molecule has 1 aliphatic heterocycles. The van der Waals surface area contributed by atoms with Crippen LogP contribution in [0.15, 0.2) is 24.3 Å². The first kappa shape index (κ1) is 17.9. The SMILES string of the molecule is CC(C)(C)CC(=O)NCC(c1cccc(F)c1)N1CCOCC1. The highest BCUT2D eigenvalue weighted by Gasteiger charge is 2.24. The molecule has 1 N–H and O–H groups in total. The fourth-order valence-corrected chi connectivity index (χ4v) is 2.82. The van der Waals surface area contributed by atoms with E-state index >= 15 is 0 Å². The predicted octanol–water partition coefficient (Wildman–Crippen LogP) is 2.75. The molecule has 1 unspecified atom stereocenters. The number of amides is 1. The van der Waals surface area contributed by atoms with Crippen molar-refractivity contribution in [2.45, 2.75) is 33.2 Å². The highest BCUT2D eigenvalue weighted by atomic mass is 19.1. The Kier molecular flexibility index (Phi) is 6.13. The molecule has 128 valence electrons. The number of halogens is 1. The summed E-state index contributed by atoms with van der Waals surface area (Å²) in [5.41, 5.74) is 0.847. The van der Waals surface area contributed by atoms with Crippen LogP contribution in [-0.2, 0) is 9.53 Å². The fourth-order valence-electron chi connectivity index (χ4n) is 2.82. The Morgan fingerprint density at radius 1 is 1.35 bits per heavy atom. The van der Waals surface area contributed by atoms with Gasteiger partial charge in [-0.1, -0.05) is 32.9 Å². The first-order chi connectivity index (χ1) is 10.8. The summed E-state index contributed by atoms with van der Waals surface area (Å²) >= 11 is 0. The third kappa shape index (κ3) is 5.92. The van der Waals surface area contributed by atoms with Crippen LogP contribution in [0.4, 0.5) is 4.39 Å². The Balaban J connectivity index is 2.06. The minimum atomic E-state index is -0.248. The Hall–Kier alpha value is -1.46. The number of hydrogen-bond donors (Lipinski definition) is 1. The van der Waals surface area contributed by atoms with E-state index in [2.05, 4.69) is 10.2 Å². The first-order valence-electron chi connectivity index (χ1n) is 8.19. The van der Waals surface area contributed by atoms with E-state index in [4.69, 9.17) is 4.74 Å². The van der Waals surface area contributed by atoms with Gasteiger partial charge in [0.1, 0.15) is 5.82 Å². The molecule has 1 amide bonds. The zero-order valence-corrected chi connectivity index (χ0v) is 14.3. The van der Waals surface area contributed by atoms with E-state index in [0.29, 0.717) is 26.2 Å². The molecule has 0 spiro atoms. The monoisotopic (exact) mass is 322 g/mol. The quantitative estimate of drug-likeness (QED) is 0.906. The van der Waals surface area contributed by atoms with Crippen LogP contribution in [0.5, 0.6) is 0 Å². The van der Waals surface area contributed by atoms with E-state index in [1.165, 1.54) is 6.07 Å². The van der Waals surface area contributed by atoms with Gasteiger partial charge >= 0.3 is 0 Å². The number of ether oxygens (including phenoxy) is 1. The van der Waals surface area contributed by atoms with Gasteiger partial charge in [0, 0.05) is 26.1 Å². The lowest BCUT2D eigenvalue weighted by Crippen LogP contribution is -2.44. The van der Waals surface area contributed by atoms with Gasteiger partial charge in [0.2, 0.25) is 5.91 Å². The van der Waals surface area contributed by atoms with Gasteiger partial charge in [-0.2, -0.15) is 0 Å². The van der Waals surface area contributed by atoms with Gasteiger partial charge in [-0.15, -0.1) is 0 Å². The van der Waals surface area contributed by atoms with E-state index in [-0.39, 0.29) is 23.2 Å². The lowest BCUT2D eigenvalue weighted by atomic mass is 9.92. The molecule has 0 saturated carbocycles. The summed E-state index contributed by atoms with van der Waals surface area (Å²) < 4.78 is 19.0. The molecule has 2 rings (SSSR count). The molecule has 0 radical (unpaired) electrons. The first-order valence-corrected chi connectivity index (χ1v) is 8.19. The maximum atomic E-state index is 13.6. The molecule has 1 aromatic carbocycles. The average molecular weight is 322 g/mol. The Labute approximate surface area is 138 Å². The van der Waals surface area contributed by atoms with Crippen LogP contribution in [0.2, 0.25) is 0 Å². The third-order valence-electron chi connectivity index (χ3n) is 3.90. The second-order valence-corrected chi connectivity index (χ2v) is 7.26. The van der Waals surface area contributed by atoms with E-state index in [0.717, 1.165) is 18.7 Å². The number of rotatable bonds is 5. The topological polar surface area (TPSA) is 41.6 Å². The molecular weight excluding hydrogens is 295 g/mol. The Bertz CT molecular complexity index is 522. The van der Waals surface area contributed by atoms with Crippen LogP contribution in [0.3, 0.4) is 0 Å². The standard InChI is InChI=1S/C18H27FN2O2/c1-18(2,3)12-17(22)20-13-16(21-7-9-23-10-8-21)14-5-4-6-15(19)11-14/h4-6,11,16H,7-10,12-13H2,1-3H3,(H,20,22). The summed E-state index contributed by atoms with van der Waals surface area (Å²) in [5.74, 6) is -0.214. The zero-order chi connectivity index (χ0) is 16.9. The highest BCUT2D eigenvalue weighted by molar-refractivity contribution is 5.76. The molecule has 1 atom stereocenters. The number of hydrogen-bond acceptors (Lipinski definition) is 3. The summed E-state index contributed by atoms with van der Waals surface area (Å²) in [4.78, 5) is 14.4. The molecule has 1 aliphatic rings. The molecule has 0 bridgehead atoms. The average Bonchev–Trinajstić information content (AvgIpc) is 2.47. The van der Waals surface area contributed by atoms with Gasteiger partial charge in [-0.25, -0.2) is 4.39 Å². The molecular formula is C18H27FN2O2. The van der Waals surface area contributed by atoms with E-state index in [1.807, 2.05) is 26.8 Å². The van der Waals surface area contributed by atoms with Crippen molar-refractivity contribution in [3.8, 4) is 0 Å². The van der Waals surface area contributed by atoms with Crippen molar-refractivity contribution >= 4 is 5.91 Å². The molecule has 4 nitrogen and oxygen atoms in total. The highest BCUT2D eigenvalue weighted by Crippen LogP contribution is 2.23. The molecule has 1 aromatic rings. The maximum absolute atomic E-state index is 13.6. The summed E-state index contributed by atoms with van der Waals surface area (Å²) in [6, 6.07) is 6.60. The van der Waals surface area contributed by atoms with Crippen molar-refractivity contribution in [3.05, 3.63) is 35.6 Å². The minimum absolute atomic E-state index is 0.0291. The number of carbonyl (C=O) groups excluding carboxylic acids is 1. The van der Waals surface area contributed by atoms with Gasteiger partial charge < -0.3 is 10.1 Å². The molecule has 0 aromatic heterocycles. The van der Waals surface area contributed by atoms with Crippen molar-refractivity contribution in [3.63, 3.8) is 0 Å². The van der Waals surface area contributed by atoms with Gasteiger partial charge in [-0.3, -0.25) is 9.69 Å². The van der Waals surface area contributed by atoms with E-state index in [9.17, 15) is 9.18 Å². The largest absolute Gasteiger partial charge is 0.379 e. The van der Waals surface area contributed by atoms with Gasteiger partial charge in [0.25, 0.3) is 0 Å². The second-order valence-electron chi connectivity index (χ2n) is 7.26. The van der Waals surface area contributed by atoms with Crippen molar-refractivity contribution in [2.75, 3.05) is 32.8 Å². The van der Waals surface area contributed by atoms with Crippen LogP contribution in [0, 0.1) is 11.2 Å². The molecule has 23 heavy (non-hydrogen) atoms. The fraction of sp³-hybridized carbons (Fsp3) is 0.611. The summed E-state index contributed by atoms with van der Waals surface area (Å²) in [6.07, 6.45) is 0.478. The second kappa shape index (κ2) is 7.88. The van der Waals surface area contributed by atoms with E-state index < -0.39 is 0 Å². The molecule has 1 saturated heterocycles. The van der Waals surface area contributed by atoms with Crippen LogP contribution < -0.4 is 5.32 Å². The number of nitrogens with zero attached hydrogens (tertiary/aromatic N) is 1. The van der Waals surface area contributed by atoms with Crippen LogP contribution in [0.25, 0.3) is 0 Å². The number of carbonyl (C=O) groups is 1. The summed E-state index contributed by atoms with van der Waals surface area (Å²) in [6.45, 7) is 9.52. The van der Waals surface area contributed by atoms with Crippen molar-refractivity contribution < 1.29 is 13.9 Å². The molecule has 1 fully saturated rings. The number of benzene rings is 1. The number of nitrogens with one attached hydrogen (secondary N) is 1. The molecule has 5 heteroatoms. The summed E-state index contributed by atoms with van der Waals surface area (Å²) in [5, 5.41) is 3.01. The van der Waals surface area contributed by atoms with E-state index in [1.54, 1.807) is 12.1 Å². The van der Waals surface area contributed by atoms with Gasteiger partial charge in [-0.05, 0) is 23.1 Å². The molecule has 1 heterocycles. The van der Waals surface area contributed by atoms with Crippen LogP contribution in [0.1, 0.15) is 38.8 Å². The zero-order valence-electron chi connectivity index (χ0n) is 14.3. The minimum Gasteiger partial charge on any atom is -0.379 e. The van der Waals surface area contributed by atoms with Gasteiger partial charge in [0.15, 0.2) is 0 Å². The molecule has 0 aliphatic carbocycles. The maximum Gasteiger partial charge on any atom is 0.220 e. The summed E-state index contributed by atoms with van der Waals surface area (Å²) in [7, 11) is 0. The van der Waals surface area contributed by atoms with Crippen molar-refractivity contribution in [1.82, 2.24) is 10.2 Å². The van der Waals surface area contributed by atoms with Crippen LogP contribution in [-0.4, -0.2) is 43.7 Å². The Morgan fingerprint density at radius 2 is 2.04 bits per heavy atom. The number of morpholine rings is 1. The lowest BCUT2D eigenvalue weighted by molar-refractivity contribution is -0.123. The third-order valence-corrected chi connectivity index (χ3v) is 3.90. The van der Waals surface area contributed by atoms with Crippen LogP contribution >= 0.6 is 0 Å². The van der Waals surface area contributed by atoms with Gasteiger partial charge in [0.05, 0.1) is 19.3 Å². The normalized spacial score (nSPS) is 17.7. The smallest absolute Gasteiger partial charge is 0.220 e.